The third-order valence-corrected chi connectivity index (χ3v) is 29.1. The van der Waals surface area contributed by atoms with Crippen LogP contribution in [0.1, 0.15) is 144 Å². The van der Waals surface area contributed by atoms with Crippen LogP contribution in [0.4, 0.5) is 0 Å². The maximum atomic E-state index is 12.4. The number of aliphatic hydroxyl groups excluding tert-OH is 9. The normalized spacial score (nSPS) is 27.0. The third kappa shape index (κ3) is 30.0. The predicted molar refractivity (Wildman–Crippen MR) is 500 cm³/mol. The van der Waals surface area contributed by atoms with Gasteiger partial charge >= 0.3 is 28.4 Å². The van der Waals surface area contributed by atoms with Gasteiger partial charge in [-0.15, -0.1) is 65.9 Å². The van der Waals surface area contributed by atoms with E-state index < -0.39 is 213 Å². The number of hydrogen-bond donors (Lipinski definition) is 14. The van der Waals surface area contributed by atoms with Gasteiger partial charge in [-0.2, -0.15) is 0 Å². The fraction of sp³-hybridized carbons (Fsp3) is 0.675. The Hall–Kier alpha value is -6.00. The molecule has 1 unspecified atom stereocenters. The highest BCUT2D eigenvalue weighted by atomic mass is 31.2. The number of rotatable bonds is 31. The molecule has 41 heteroatoms. The van der Waals surface area contributed by atoms with Gasteiger partial charge in [0.05, 0.1) is 52.8 Å². The molecule has 14 N–H and O–H groups in total. The smallest absolute Gasteiger partial charge is 0.330 e. The summed E-state index contributed by atoms with van der Waals surface area (Å²) in [5.74, 6) is 0. The number of aryl methyl sites for hydroxylation is 4. The van der Waals surface area contributed by atoms with E-state index in [1.807, 2.05) is 33.8 Å². The van der Waals surface area contributed by atoms with Gasteiger partial charge in [-0.25, -0.2) is 24.0 Å². The fourth-order valence-electron chi connectivity index (χ4n) is 14.5. The topological polar surface area (TPSA) is 513 Å². The molecule has 5 aliphatic heterocycles. The first-order valence-electron chi connectivity index (χ1n) is 41.7. The molecule has 0 radical (unpaired) electrons. The average Bonchev–Trinajstić information content (AvgIpc) is 1.30. The van der Waals surface area contributed by atoms with Crippen LogP contribution in [-0.4, -0.2) is 327 Å². The van der Waals surface area contributed by atoms with E-state index in [0.717, 1.165) is 54.6 Å². The Bertz CT molecular complexity index is 5340. The van der Waals surface area contributed by atoms with Crippen LogP contribution < -0.4 is 61.6 Å². The fourth-order valence-corrected chi connectivity index (χ4v) is 19.2. The Balaban J connectivity index is 0.000000240. The van der Waals surface area contributed by atoms with E-state index in [4.69, 9.17) is 28.4 Å². The molecule has 0 spiro atoms. The number of H-pyrrole nitrogens is 4. The highest BCUT2D eigenvalue weighted by molar-refractivity contribution is 7.73. The zero-order valence-electron chi connectivity index (χ0n) is 75.3. The molecule has 702 valence electrons. The highest BCUT2D eigenvalue weighted by Crippen LogP contribution is 2.45. The first kappa shape index (κ1) is 107. The van der Waals surface area contributed by atoms with E-state index in [9.17, 15) is 93.9 Å². The zero-order chi connectivity index (χ0) is 93.5. The summed E-state index contributed by atoms with van der Waals surface area (Å²) in [6.45, 7) is 26.5. The molecular formula is C83H140N11O25P5. The van der Waals surface area contributed by atoms with E-state index in [1.54, 1.807) is 6.92 Å². The summed E-state index contributed by atoms with van der Waals surface area (Å²) in [4.78, 5) is 129. The second kappa shape index (κ2) is 46.0. The summed E-state index contributed by atoms with van der Waals surface area (Å²) < 4.78 is 42.2. The summed E-state index contributed by atoms with van der Waals surface area (Å²) in [7, 11) is 4.37. The summed E-state index contributed by atoms with van der Waals surface area (Å²) in [5, 5.41) is 95.9. The molecule has 20 atom stereocenters. The molecule has 5 aliphatic rings. The number of hydrogen-bond acceptors (Lipinski definition) is 26. The minimum Gasteiger partial charge on any atom is -0.388 e. The van der Waals surface area contributed by atoms with Crippen LogP contribution in [0.5, 0.6) is 0 Å². The maximum Gasteiger partial charge on any atom is 0.330 e. The van der Waals surface area contributed by atoms with Crippen LogP contribution in [0.25, 0.3) is 0 Å². The number of allylic oxidation sites excluding steroid dienone is 1. The van der Waals surface area contributed by atoms with Crippen molar-refractivity contribution >= 4 is 65.9 Å². The van der Waals surface area contributed by atoms with Crippen molar-refractivity contribution in [3.63, 3.8) is 0 Å². The van der Waals surface area contributed by atoms with Gasteiger partial charge in [0.1, 0.15) is 85.5 Å². The van der Waals surface area contributed by atoms with E-state index >= 15 is 0 Å². The number of aliphatic hydroxyl groups is 9. The van der Waals surface area contributed by atoms with Gasteiger partial charge in [-0.05, 0) is 163 Å². The van der Waals surface area contributed by atoms with Crippen molar-refractivity contribution in [2.24, 2.45) is 14.1 Å². The van der Waals surface area contributed by atoms with Gasteiger partial charge in [0.25, 0.3) is 27.8 Å². The van der Waals surface area contributed by atoms with Gasteiger partial charge in [0.2, 0.25) is 0 Å². The van der Waals surface area contributed by atoms with Crippen molar-refractivity contribution < 1.29 is 74.4 Å². The lowest BCUT2D eigenvalue weighted by molar-refractivity contribution is -0.0542. The van der Waals surface area contributed by atoms with Crippen molar-refractivity contribution in [1.82, 2.24) is 52.7 Å². The number of unbranched alkanes of at least 4 members (excludes halogenated alkanes) is 1. The Morgan fingerprint density at radius 1 is 0.444 bits per heavy atom. The molecule has 36 nitrogen and oxygen atoms in total. The Morgan fingerprint density at radius 2 is 0.782 bits per heavy atom. The van der Waals surface area contributed by atoms with Crippen molar-refractivity contribution in [1.29, 1.82) is 0 Å². The van der Waals surface area contributed by atoms with Gasteiger partial charge in [0.15, 0.2) is 6.23 Å². The first-order valence-corrected chi connectivity index (χ1v) is 57.0. The van der Waals surface area contributed by atoms with Gasteiger partial charge in [-0.1, -0.05) is 31.9 Å². The number of nitrogens with one attached hydrogen (secondary N) is 5. The monoisotopic (exact) mass is 1850 g/mol. The molecule has 5 fully saturated rings. The molecule has 5 aromatic rings. The molecule has 5 aromatic heterocycles. The van der Waals surface area contributed by atoms with Gasteiger partial charge in [-0.3, -0.25) is 53.0 Å². The quantitative estimate of drug-likeness (QED) is 0.0167. The number of ether oxygens (including phenoxy) is 6. The lowest BCUT2D eigenvalue weighted by atomic mass is 10.0. The largest absolute Gasteiger partial charge is 0.388 e. The summed E-state index contributed by atoms with van der Waals surface area (Å²) in [6.07, 6.45) is 21.5. The van der Waals surface area contributed by atoms with Crippen LogP contribution in [0, 0.1) is 0 Å². The Kier molecular flexibility index (Phi) is 39.6. The molecule has 0 aromatic carbocycles. The van der Waals surface area contributed by atoms with Crippen LogP contribution in [0.2, 0.25) is 0 Å². The second-order valence-corrected chi connectivity index (χ2v) is 58.0. The van der Waals surface area contributed by atoms with Crippen LogP contribution in [0.15, 0.2) is 90.6 Å². The Morgan fingerprint density at radius 3 is 1.12 bits per heavy atom. The molecule has 0 aliphatic carbocycles. The first-order chi connectivity index (χ1) is 57.5. The lowest BCUT2D eigenvalue weighted by Crippen LogP contribution is -2.40. The van der Waals surface area contributed by atoms with Crippen LogP contribution in [0.3, 0.4) is 0 Å². The summed E-state index contributed by atoms with van der Waals surface area (Å²) in [6, 6.07) is 0. The van der Waals surface area contributed by atoms with E-state index in [2.05, 4.69) is 123 Å². The van der Waals surface area contributed by atoms with Crippen molar-refractivity contribution in [3.05, 3.63) is 175 Å². The molecular weight excluding hydrogens is 1710 g/mol. The second-order valence-electron chi connectivity index (χ2n) is 36.4. The number of aromatic nitrogens is 10. The number of aromatic amines is 4. The summed E-state index contributed by atoms with van der Waals surface area (Å²) in [5.41, 5.74) is -2.98. The molecule has 0 amide bonds. The van der Waals surface area contributed by atoms with Gasteiger partial charge < -0.3 is 98.0 Å². The van der Waals surface area contributed by atoms with Crippen LogP contribution >= 0.6 is 34.4 Å². The SMILES string of the molecule is C=P(C)(C)CC[C@H]1OC(c2cn(C)c(=O)n(C)c2=O)[C@H](O)[C@@H]1O.C=P(C)(C)CC[C@H]1O[C@@H](c2cn(CC)c(=O)[nH]c2=O)[C@H](O)[C@@H]1O.C=P(C)(C)CC[C@H]1O[C@@H](c2cn(CCC)c(=O)[nH]c2=O)[C@H](O)[C@@H]1O.C=P(C)(C)CC[C@H]1O[C@@H](c2cn(CCCC)c(=O)[nH]c2=O)[C@H](O)[C@@H]1O.C=P(C)(C)CC[C@H]1O[C@@H](n2cc(CNCC=C(C)C)c(=O)[nH]c2=O)[C@H](OC)[C@@H]1O. The molecule has 0 bridgehead atoms. The third-order valence-electron chi connectivity index (χ3n) is 21.8. The number of nitrogens with zero attached hydrogens (tertiary/aromatic N) is 6. The highest BCUT2D eigenvalue weighted by Gasteiger charge is 2.50. The van der Waals surface area contributed by atoms with Crippen LogP contribution in [-0.2, 0) is 68.7 Å². The van der Waals surface area contributed by atoms with Crippen molar-refractivity contribution in [3.8, 4) is 0 Å². The minimum atomic E-state index is -1.28. The summed E-state index contributed by atoms with van der Waals surface area (Å²) >= 11 is 0. The van der Waals surface area contributed by atoms with E-state index in [1.165, 1.54) is 80.6 Å². The maximum absolute atomic E-state index is 12.4. The average molecular weight is 1850 g/mol. The molecule has 5 saturated heterocycles. The molecule has 10 heterocycles. The Labute approximate surface area is 723 Å². The lowest BCUT2D eigenvalue weighted by Gasteiger charge is -2.21. The number of methoxy groups -OCH3 is 1. The molecule has 0 saturated carbocycles. The standard InChI is InChI=1S/C20H34N3O5P.C17H29N2O5P.C16H27N2O5P.2C15H25N2O5P/c1-13(2)7-9-21-11-14-12-23(20(26)22-18(14)25)19-17(27-3)16(24)15(28-19)8-10-29(4,5)6;1-5-6-8-19-10-11(16(22)18-17(19)23)15-14(21)13(20)12(24-15)7-9-25(2,3)4;1-5-7-18-9-10(15(21)17-16(18)22)14-13(20)12(19)11(23-14)6-8-24(2,3)4;1-16-8-9(14(20)17(2)15(16)21)13-12(19)11(18)10(22-13)6-7-23(3,4)5;1-5-17-8-9(14(20)16-15(17)21)13-12(19)11(18)10(22-13)6-7-23(2,3)4/h7,12,15-17,19,21,24H,4,8-11H2,1-3,5-6H3,(H,22,25,26);10,12-15,20-21H,2,5-9H2,1,3-4H3,(H,18,22,23);9,11-14,19-20H,2,5-8H2,1,3-4H3,(H,17,21,22);8,10-13,18-19H,3,6-7H2,1-2,4-5H3;8,10-13,18-19H,2,5-7H2,1,3-4H3,(H,16,20,21)/t15-,16-,17-,19-;12-,13-,14-,15+;11-,12-,13-,14+;10-,11-,12-,13?;10-,11-,12-,13+/m11111/s1. The van der Waals surface area contributed by atoms with E-state index in [0.29, 0.717) is 70.4 Å². The molecule has 124 heavy (non-hydrogen) atoms. The van der Waals surface area contributed by atoms with E-state index in [-0.39, 0.29) is 22.3 Å². The minimum absolute atomic E-state index is 0.157. The zero-order valence-corrected chi connectivity index (χ0v) is 79.7. The van der Waals surface area contributed by atoms with Crippen molar-refractivity contribution in [2.45, 2.75) is 234 Å². The molecule has 10 rings (SSSR count). The van der Waals surface area contributed by atoms with Gasteiger partial charge in [0, 0.05) is 90.5 Å². The predicted octanol–water partition coefficient (Wildman–Crippen LogP) is 0.933. The van der Waals surface area contributed by atoms with Crippen molar-refractivity contribution in [2.75, 3.05) is 111 Å².